The lowest BCUT2D eigenvalue weighted by Gasteiger charge is -2.22. The molecule has 24 heavy (non-hydrogen) atoms. The van der Waals surface area contributed by atoms with Gasteiger partial charge in [-0.3, -0.25) is 4.79 Å². The van der Waals surface area contributed by atoms with Crippen LogP contribution in [0.4, 0.5) is 0 Å². The van der Waals surface area contributed by atoms with Gasteiger partial charge in [-0.05, 0) is 44.5 Å². The van der Waals surface area contributed by atoms with Crippen molar-refractivity contribution in [2.45, 2.75) is 32.4 Å². The van der Waals surface area contributed by atoms with Gasteiger partial charge >= 0.3 is 0 Å². The quantitative estimate of drug-likeness (QED) is 0.902. The SMILES string of the molecule is CCN(Cc1ccccc1Cl)C(=O)c1cn(C2CCNCC2)nn1. The van der Waals surface area contributed by atoms with Crippen LogP contribution < -0.4 is 5.32 Å². The van der Waals surface area contributed by atoms with Crippen molar-refractivity contribution in [3.63, 3.8) is 0 Å². The molecule has 1 aromatic heterocycles. The van der Waals surface area contributed by atoms with Crippen LogP contribution in [0.2, 0.25) is 5.02 Å². The molecule has 1 saturated heterocycles. The summed E-state index contributed by atoms with van der Waals surface area (Å²) in [6.45, 7) is 4.95. The Morgan fingerprint density at radius 3 is 2.83 bits per heavy atom. The fourth-order valence-corrected chi connectivity index (χ4v) is 3.14. The van der Waals surface area contributed by atoms with Crippen LogP contribution in [0.1, 0.15) is 41.9 Å². The molecule has 1 aliphatic heterocycles. The lowest BCUT2D eigenvalue weighted by molar-refractivity contribution is 0.0746. The fraction of sp³-hybridized carbons (Fsp3) is 0.471. The zero-order valence-electron chi connectivity index (χ0n) is 13.8. The zero-order chi connectivity index (χ0) is 16.9. The Morgan fingerprint density at radius 2 is 2.12 bits per heavy atom. The van der Waals surface area contributed by atoms with Gasteiger partial charge in [0.15, 0.2) is 5.69 Å². The first-order valence-corrected chi connectivity index (χ1v) is 8.72. The fourth-order valence-electron chi connectivity index (χ4n) is 2.95. The highest BCUT2D eigenvalue weighted by Gasteiger charge is 2.22. The van der Waals surface area contributed by atoms with Crippen molar-refractivity contribution < 1.29 is 4.79 Å². The van der Waals surface area contributed by atoms with Crippen LogP contribution in [-0.2, 0) is 6.54 Å². The Bertz CT molecular complexity index is 696. The van der Waals surface area contributed by atoms with Gasteiger partial charge in [-0.2, -0.15) is 0 Å². The van der Waals surface area contributed by atoms with Crippen LogP contribution in [0.25, 0.3) is 0 Å². The second-order valence-electron chi connectivity index (χ2n) is 5.98. The van der Waals surface area contributed by atoms with E-state index in [0.29, 0.717) is 29.8 Å². The summed E-state index contributed by atoms with van der Waals surface area (Å²) in [4.78, 5) is 14.5. The van der Waals surface area contributed by atoms with Crippen molar-refractivity contribution in [2.24, 2.45) is 0 Å². The van der Waals surface area contributed by atoms with E-state index in [1.165, 1.54) is 0 Å². The van der Waals surface area contributed by atoms with E-state index in [2.05, 4.69) is 15.6 Å². The van der Waals surface area contributed by atoms with Gasteiger partial charge in [0.2, 0.25) is 0 Å². The molecule has 1 aliphatic rings. The van der Waals surface area contributed by atoms with Gasteiger partial charge in [0, 0.05) is 18.1 Å². The van der Waals surface area contributed by atoms with Crippen LogP contribution in [-0.4, -0.2) is 45.4 Å². The standard InChI is InChI=1S/C17H22ClN5O/c1-2-22(11-13-5-3-4-6-15(13)18)17(24)16-12-23(21-20-16)14-7-9-19-10-8-14/h3-6,12,14,19H,2,7-11H2,1H3. The number of carbonyl (C=O) groups excluding carboxylic acids is 1. The number of aromatic nitrogens is 3. The molecule has 1 fully saturated rings. The molecule has 128 valence electrons. The first kappa shape index (κ1) is 16.9. The third-order valence-electron chi connectivity index (χ3n) is 4.40. The highest BCUT2D eigenvalue weighted by atomic mass is 35.5. The third kappa shape index (κ3) is 3.76. The van der Waals surface area contributed by atoms with Crippen molar-refractivity contribution in [2.75, 3.05) is 19.6 Å². The molecule has 0 radical (unpaired) electrons. The van der Waals surface area contributed by atoms with Crippen LogP contribution >= 0.6 is 11.6 Å². The number of halogens is 1. The zero-order valence-corrected chi connectivity index (χ0v) is 14.5. The Balaban J connectivity index is 1.72. The van der Waals surface area contributed by atoms with E-state index in [1.807, 2.05) is 35.9 Å². The normalized spacial score (nSPS) is 15.4. The van der Waals surface area contributed by atoms with Gasteiger partial charge in [0.1, 0.15) is 0 Å². The number of nitrogens with one attached hydrogen (secondary N) is 1. The highest BCUT2D eigenvalue weighted by molar-refractivity contribution is 6.31. The van der Waals surface area contributed by atoms with Crippen LogP contribution in [0.3, 0.4) is 0 Å². The number of rotatable bonds is 5. The topological polar surface area (TPSA) is 63.1 Å². The third-order valence-corrected chi connectivity index (χ3v) is 4.77. The summed E-state index contributed by atoms with van der Waals surface area (Å²) < 4.78 is 1.83. The summed E-state index contributed by atoms with van der Waals surface area (Å²) in [7, 11) is 0. The predicted molar refractivity (Wildman–Crippen MR) is 93.0 cm³/mol. The maximum Gasteiger partial charge on any atom is 0.276 e. The Morgan fingerprint density at radius 1 is 1.38 bits per heavy atom. The molecule has 1 aromatic carbocycles. The largest absolute Gasteiger partial charge is 0.333 e. The van der Waals surface area contributed by atoms with Crippen LogP contribution in [0, 0.1) is 0 Å². The van der Waals surface area contributed by atoms with E-state index in [9.17, 15) is 4.79 Å². The van der Waals surface area contributed by atoms with E-state index in [4.69, 9.17) is 11.6 Å². The molecule has 0 unspecified atom stereocenters. The molecule has 2 aromatic rings. The van der Waals surface area contributed by atoms with E-state index >= 15 is 0 Å². The molecule has 7 heteroatoms. The van der Waals surface area contributed by atoms with Crippen molar-refractivity contribution in [1.82, 2.24) is 25.2 Å². The lowest BCUT2D eigenvalue weighted by atomic mass is 10.1. The van der Waals surface area contributed by atoms with Gasteiger partial charge in [-0.1, -0.05) is 35.0 Å². The van der Waals surface area contributed by atoms with Gasteiger partial charge in [-0.15, -0.1) is 5.10 Å². The molecule has 1 N–H and O–H groups in total. The molecule has 0 spiro atoms. The number of amides is 1. The maximum absolute atomic E-state index is 12.7. The molecule has 2 heterocycles. The average molecular weight is 348 g/mol. The molecule has 6 nitrogen and oxygen atoms in total. The minimum absolute atomic E-state index is 0.113. The summed E-state index contributed by atoms with van der Waals surface area (Å²) in [6.07, 6.45) is 3.79. The predicted octanol–water partition coefficient (Wildman–Crippen LogP) is 2.52. The van der Waals surface area contributed by atoms with Gasteiger partial charge < -0.3 is 10.2 Å². The number of hydrogen-bond donors (Lipinski definition) is 1. The summed E-state index contributed by atoms with van der Waals surface area (Å²) in [6, 6.07) is 7.90. The van der Waals surface area contributed by atoms with E-state index < -0.39 is 0 Å². The number of carbonyl (C=O) groups is 1. The number of benzene rings is 1. The van der Waals surface area contributed by atoms with Crippen LogP contribution in [0.15, 0.2) is 30.5 Å². The summed E-state index contributed by atoms with van der Waals surface area (Å²) in [5.74, 6) is -0.113. The van der Waals surface area contributed by atoms with E-state index in [0.717, 1.165) is 31.5 Å². The summed E-state index contributed by atoms with van der Waals surface area (Å²) >= 11 is 6.21. The molecule has 0 atom stereocenters. The smallest absolute Gasteiger partial charge is 0.276 e. The van der Waals surface area contributed by atoms with Crippen LogP contribution in [0.5, 0.6) is 0 Å². The summed E-state index contributed by atoms with van der Waals surface area (Å²) in [5, 5.41) is 12.3. The van der Waals surface area contributed by atoms with Gasteiger partial charge in [0.05, 0.1) is 12.2 Å². The van der Waals surface area contributed by atoms with Crippen molar-refractivity contribution in [3.05, 3.63) is 46.7 Å². The Labute approximate surface area is 146 Å². The molecular formula is C17H22ClN5O. The van der Waals surface area contributed by atoms with E-state index in [1.54, 1.807) is 11.1 Å². The first-order chi connectivity index (χ1) is 11.7. The number of piperidine rings is 1. The lowest BCUT2D eigenvalue weighted by Crippen LogP contribution is -2.31. The first-order valence-electron chi connectivity index (χ1n) is 8.34. The minimum atomic E-state index is -0.113. The molecular weight excluding hydrogens is 326 g/mol. The second-order valence-corrected chi connectivity index (χ2v) is 6.38. The average Bonchev–Trinajstić information content (AvgIpc) is 3.11. The maximum atomic E-state index is 12.7. The molecule has 3 rings (SSSR count). The summed E-state index contributed by atoms with van der Waals surface area (Å²) in [5.41, 5.74) is 1.32. The monoisotopic (exact) mass is 347 g/mol. The minimum Gasteiger partial charge on any atom is -0.333 e. The van der Waals surface area contributed by atoms with Crippen molar-refractivity contribution in [3.8, 4) is 0 Å². The molecule has 0 aliphatic carbocycles. The molecule has 1 amide bonds. The van der Waals surface area contributed by atoms with Gasteiger partial charge in [0.25, 0.3) is 5.91 Å². The number of hydrogen-bond acceptors (Lipinski definition) is 4. The molecule has 0 saturated carbocycles. The molecule has 0 bridgehead atoms. The number of nitrogens with zero attached hydrogens (tertiary/aromatic N) is 4. The highest BCUT2D eigenvalue weighted by Crippen LogP contribution is 2.19. The Hall–Kier alpha value is -1.92. The van der Waals surface area contributed by atoms with Gasteiger partial charge in [-0.25, -0.2) is 4.68 Å². The van der Waals surface area contributed by atoms with Crippen molar-refractivity contribution >= 4 is 17.5 Å². The second kappa shape index (κ2) is 7.77. The van der Waals surface area contributed by atoms with E-state index in [-0.39, 0.29) is 5.91 Å². The van der Waals surface area contributed by atoms with Crippen molar-refractivity contribution in [1.29, 1.82) is 0 Å². The Kier molecular flexibility index (Phi) is 5.48.